The summed E-state index contributed by atoms with van der Waals surface area (Å²) in [6.45, 7) is 0.623. The molecular formula is C10H12N2O3S. The molecule has 0 atom stereocenters. The third-order valence-electron chi connectivity index (χ3n) is 3.70. The molecule has 0 radical (unpaired) electrons. The maximum atomic E-state index is 11.9. The number of piperidine rings is 2. The van der Waals surface area contributed by atoms with Crippen LogP contribution in [0.4, 0.5) is 0 Å². The van der Waals surface area contributed by atoms with Crippen LogP contribution in [0.5, 0.6) is 0 Å². The number of nitrogens with one attached hydrogen (secondary N) is 1. The quantitative estimate of drug-likeness (QED) is 0.620. The van der Waals surface area contributed by atoms with Crippen LogP contribution in [0.3, 0.4) is 0 Å². The molecule has 5 nitrogen and oxygen atoms in total. The van der Waals surface area contributed by atoms with Crippen LogP contribution in [0, 0.1) is 5.92 Å². The SMILES string of the molecule is O=C1NC(=O)C2(N3CCSCC3=O)CC1C2. The second kappa shape index (κ2) is 3.23. The average molecular weight is 240 g/mol. The minimum atomic E-state index is -0.698. The number of carbonyl (C=O) groups excluding carboxylic acids is 3. The fourth-order valence-corrected chi connectivity index (χ4v) is 3.56. The van der Waals surface area contributed by atoms with Gasteiger partial charge in [-0.2, -0.15) is 11.8 Å². The van der Waals surface area contributed by atoms with Crippen molar-refractivity contribution in [2.45, 2.75) is 18.4 Å². The molecular weight excluding hydrogens is 228 g/mol. The Morgan fingerprint density at radius 1 is 1.31 bits per heavy atom. The van der Waals surface area contributed by atoms with Gasteiger partial charge in [-0.15, -0.1) is 0 Å². The molecule has 0 spiro atoms. The zero-order valence-corrected chi connectivity index (χ0v) is 9.51. The first-order chi connectivity index (χ1) is 7.63. The molecule has 4 rings (SSSR count). The van der Waals surface area contributed by atoms with E-state index < -0.39 is 5.54 Å². The molecule has 6 heteroatoms. The van der Waals surface area contributed by atoms with Gasteiger partial charge in [0.05, 0.1) is 5.75 Å². The van der Waals surface area contributed by atoms with Gasteiger partial charge in [0, 0.05) is 18.2 Å². The zero-order valence-electron chi connectivity index (χ0n) is 8.69. The number of imide groups is 1. The molecule has 0 unspecified atom stereocenters. The van der Waals surface area contributed by atoms with Crippen molar-refractivity contribution < 1.29 is 14.4 Å². The van der Waals surface area contributed by atoms with E-state index in [4.69, 9.17) is 0 Å². The van der Waals surface area contributed by atoms with Crippen LogP contribution in [0.1, 0.15) is 12.8 Å². The lowest BCUT2D eigenvalue weighted by atomic mass is 9.63. The van der Waals surface area contributed by atoms with Crippen LogP contribution >= 0.6 is 11.8 Å². The van der Waals surface area contributed by atoms with Gasteiger partial charge >= 0.3 is 0 Å². The molecule has 2 bridgehead atoms. The summed E-state index contributed by atoms with van der Waals surface area (Å²) < 4.78 is 0. The number of amides is 3. The predicted molar refractivity (Wildman–Crippen MR) is 57.6 cm³/mol. The molecule has 4 fully saturated rings. The molecule has 3 amide bonds. The van der Waals surface area contributed by atoms with E-state index in [1.807, 2.05) is 0 Å². The van der Waals surface area contributed by atoms with Crippen LogP contribution in [0.15, 0.2) is 0 Å². The highest BCUT2D eigenvalue weighted by atomic mass is 32.2. The largest absolute Gasteiger partial charge is 0.326 e. The Morgan fingerprint density at radius 3 is 2.69 bits per heavy atom. The van der Waals surface area contributed by atoms with E-state index in [1.54, 1.807) is 16.7 Å². The number of carbonyl (C=O) groups is 3. The van der Waals surface area contributed by atoms with Gasteiger partial charge in [-0.05, 0) is 12.8 Å². The Hall–Kier alpha value is -1.04. The molecule has 86 valence electrons. The van der Waals surface area contributed by atoms with Crippen LogP contribution in [-0.2, 0) is 14.4 Å². The first-order valence-electron chi connectivity index (χ1n) is 5.37. The molecule has 4 aliphatic rings. The number of fused-ring (bicyclic) bond motifs is 2. The summed E-state index contributed by atoms with van der Waals surface area (Å²) in [6, 6.07) is 0. The number of hydrogen-bond donors (Lipinski definition) is 1. The molecule has 0 aromatic rings. The van der Waals surface area contributed by atoms with Gasteiger partial charge in [0.15, 0.2) is 0 Å². The van der Waals surface area contributed by atoms with Crippen molar-refractivity contribution in [2.75, 3.05) is 18.1 Å². The monoisotopic (exact) mass is 240 g/mol. The third kappa shape index (κ3) is 1.16. The van der Waals surface area contributed by atoms with E-state index in [0.717, 1.165) is 5.75 Å². The molecule has 3 aliphatic heterocycles. The highest BCUT2D eigenvalue weighted by molar-refractivity contribution is 8.00. The van der Waals surface area contributed by atoms with Gasteiger partial charge in [0.1, 0.15) is 5.54 Å². The summed E-state index contributed by atoms with van der Waals surface area (Å²) in [4.78, 5) is 36.7. The zero-order chi connectivity index (χ0) is 11.3. The topological polar surface area (TPSA) is 66.5 Å². The van der Waals surface area contributed by atoms with Crippen molar-refractivity contribution in [3.05, 3.63) is 0 Å². The summed E-state index contributed by atoms with van der Waals surface area (Å²) in [6.07, 6.45) is 1.04. The molecule has 3 heterocycles. The van der Waals surface area contributed by atoms with E-state index in [1.165, 1.54) is 0 Å². The molecule has 3 saturated heterocycles. The van der Waals surface area contributed by atoms with Crippen molar-refractivity contribution in [2.24, 2.45) is 5.92 Å². The minimum absolute atomic E-state index is 0.0270. The maximum Gasteiger partial charge on any atom is 0.252 e. The molecule has 0 aromatic carbocycles. The molecule has 0 aromatic heterocycles. The van der Waals surface area contributed by atoms with Crippen molar-refractivity contribution in [3.8, 4) is 0 Å². The van der Waals surface area contributed by atoms with Crippen molar-refractivity contribution in [3.63, 3.8) is 0 Å². The van der Waals surface area contributed by atoms with Gasteiger partial charge in [-0.25, -0.2) is 0 Å². The van der Waals surface area contributed by atoms with Crippen LogP contribution in [0.2, 0.25) is 0 Å². The summed E-state index contributed by atoms with van der Waals surface area (Å²) in [5, 5.41) is 2.36. The van der Waals surface area contributed by atoms with Gasteiger partial charge in [-0.1, -0.05) is 0 Å². The summed E-state index contributed by atoms with van der Waals surface area (Å²) in [5.41, 5.74) is -0.698. The van der Waals surface area contributed by atoms with Gasteiger partial charge in [0.2, 0.25) is 11.8 Å². The lowest BCUT2D eigenvalue weighted by molar-refractivity contribution is -0.169. The van der Waals surface area contributed by atoms with Crippen LogP contribution in [0.25, 0.3) is 0 Å². The Kier molecular flexibility index (Phi) is 2.04. The lowest BCUT2D eigenvalue weighted by Gasteiger charge is -2.55. The van der Waals surface area contributed by atoms with Crippen molar-refractivity contribution in [1.29, 1.82) is 0 Å². The van der Waals surface area contributed by atoms with E-state index in [0.29, 0.717) is 25.1 Å². The highest BCUT2D eigenvalue weighted by Crippen LogP contribution is 2.46. The maximum absolute atomic E-state index is 11.9. The summed E-state index contributed by atoms with van der Waals surface area (Å²) >= 11 is 1.60. The van der Waals surface area contributed by atoms with E-state index in [-0.39, 0.29) is 23.6 Å². The summed E-state index contributed by atoms with van der Waals surface area (Å²) in [5.74, 6) is 0.831. The van der Waals surface area contributed by atoms with Crippen molar-refractivity contribution in [1.82, 2.24) is 10.2 Å². The first-order valence-corrected chi connectivity index (χ1v) is 6.52. The summed E-state index contributed by atoms with van der Waals surface area (Å²) in [7, 11) is 0. The first kappa shape index (κ1) is 10.1. The molecule has 1 saturated carbocycles. The van der Waals surface area contributed by atoms with E-state index in [9.17, 15) is 14.4 Å². The Labute approximate surface area is 96.9 Å². The number of thioether (sulfide) groups is 1. The normalized spacial score (nSPS) is 38.1. The second-order valence-electron chi connectivity index (χ2n) is 4.55. The van der Waals surface area contributed by atoms with Gasteiger partial charge in [0.25, 0.3) is 5.91 Å². The molecule has 16 heavy (non-hydrogen) atoms. The Balaban J connectivity index is 1.87. The van der Waals surface area contributed by atoms with Crippen molar-refractivity contribution >= 4 is 29.5 Å². The van der Waals surface area contributed by atoms with Crippen LogP contribution < -0.4 is 5.32 Å². The molecule has 1 aliphatic carbocycles. The predicted octanol–water partition coefficient (Wildman–Crippen LogP) is -0.633. The average Bonchev–Trinajstić information content (AvgIpc) is 2.17. The van der Waals surface area contributed by atoms with Crippen LogP contribution in [-0.4, -0.2) is 46.2 Å². The van der Waals surface area contributed by atoms with E-state index >= 15 is 0 Å². The highest BCUT2D eigenvalue weighted by Gasteiger charge is 2.61. The van der Waals surface area contributed by atoms with Gasteiger partial charge in [-0.3, -0.25) is 19.7 Å². The minimum Gasteiger partial charge on any atom is -0.326 e. The fraction of sp³-hybridized carbons (Fsp3) is 0.700. The number of nitrogens with zero attached hydrogens (tertiary/aromatic N) is 1. The third-order valence-corrected chi connectivity index (χ3v) is 4.62. The second-order valence-corrected chi connectivity index (χ2v) is 5.66. The van der Waals surface area contributed by atoms with Gasteiger partial charge < -0.3 is 4.90 Å². The Morgan fingerprint density at radius 2 is 2.06 bits per heavy atom. The van der Waals surface area contributed by atoms with E-state index in [2.05, 4.69) is 5.32 Å². The number of rotatable bonds is 1. The smallest absolute Gasteiger partial charge is 0.252 e. The molecule has 1 N–H and O–H groups in total. The standard InChI is InChI=1S/C10H12N2O3S/c13-7-5-16-2-1-12(7)10-3-6(4-10)8(14)11-9(10)15/h6H,1-5H2,(H,11,14,15). The number of hydrogen-bond acceptors (Lipinski definition) is 4. The Bertz CT molecular complexity index is 390. The lowest BCUT2D eigenvalue weighted by Crippen LogP contribution is -2.74. The fourth-order valence-electron chi connectivity index (χ4n) is 2.77.